The number of ether oxygens (including phenoxy) is 1. The Morgan fingerprint density at radius 1 is 1.20 bits per heavy atom. The van der Waals surface area contributed by atoms with Crippen molar-refractivity contribution in [3.05, 3.63) is 41.3 Å². The number of halogens is 4. The molecule has 1 aromatic carbocycles. The number of hydrogen-bond acceptors (Lipinski definition) is 7. The molecule has 0 aliphatic heterocycles. The number of carboxylic acids is 1. The summed E-state index contributed by atoms with van der Waals surface area (Å²) in [6, 6.07) is 1.53. The molecule has 1 aromatic heterocycles. The Morgan fingerprint density at radius 2 is 1.85 bits per heavy atom. The van der Waals surface area contributed by atoms with Gasteiger partial charge in [-0.05, 0) is 63.1 Å². The van der Waals surface area contributed by atoms with E-state index in [4.69, 9.17) is 4.74 Å². The lowest BCUT2D eigenvalue weighted by Crippen LogP contribution is -2.46. The smallest absolute Gasteiger partial charge is 0.416 e. The fraction of sp³-hybridized carbons (Fsp3) is 0.560. The summed E-state index contributed by atoms with van der Waals surface area (Å²) >= 11 is 0.618. The van der Waals surface area contributed by atoms with E-state index in [2.05, 4.69) is 17.2 Å². The summed E-state index contributed by atoms with van der Waals surface area (Å²) in [6.07, 6.45) is -0.667. The van der Waals surface area contributed by atoms with Crippen LogP contribution in [-0.2, 0) is 32.2 Å². The summed E-state index contributed by atoms with van der Waals surface area (Å²) in [5, 5.41) is 11.8. The van der Waals surface area contributed by atoms with Crippen molar-refractivity contribution in [1.82, 2.24) is 9.88 Å². The van der Waals surface area contributed by atoms with Gasteiger partial charge in [0.2, 0.25) is 9.84 Å². The molecule has 2 amide bonds. The summed E-state index contributed by atoms with van der Waals surface area (Å²) in [5.74, 6) is -2.08. The molecule has 3 rings (SSSR count). The highest BCUT2D eigenvalue weighted by atomic mass is 32.2. The summed E-state index contributed by atoms with van der Waals surface area (Å²) < 4.78 is 81.8. The first kappa shape index (κ1) is 31.7. The number of carboxylic acid groups (broad SMARTS) is 1. The zero-order chi connectivity index (χ0) is 29.9. The Balaban J connectivity index is 1.71. The van der Waals surface area contributed by atoms with Crippen LogP contribution in [0.2, 0.25) is 0 Å². The zero-order valence-corrected chi connectivity index (χ0v) is 23.8. The maximum Gasteiger partial charge on any atom is 0.416 e. The third kappa shape index (κ3) is 7.29. The Bertz CT molecular complexity index is 1320. The highest BCUT2D eigenvalue weighted by molar-refractivity contribution is 7.95. The summed E-state index contributed by atoms with van der Waals surface area (Å²) in [4.78, 5) is 30.1. The molecule has 0 unspecified atom stereocenters. The third-order valence-corrected chi connectivity index (χ3v) is 10.7. The van der Waals surface area contributed by atoms with E-state index in [1.807, 2.05) is 0 Å². The number of aromatic nitrogens is 1. The molecule has 9 nitrogen and oxygen atoms in total. The lowest BCUT2D eigenvalue weighted by molar-refractivity contribution is -0.140. The minimum absolute atomic E-state index is 0.0238. The molecule has 1 aliphatic rings. The van der Waals surface area contributed by atoms with E-state index in [0.717, 1.165) is 45.0 Å². The number of hydrogen-bond donors (Lipinski definition) is 2. The van der Waals surface area contributed by atoms with Crippen molar-refractivity contribution in [1.29, 1.82) is 0 Å². The molecule has 2 aromatic rings. The first-order valence-electron chi connectivity index (χ1n) is 12.5. The van der Waals surface area contributed by atoms with Crippen LogP contribution < -0.4 is 5.32 Å². The van der Waals surface area contributed by atoms with Gasteiger partial charge < -0.3 is 14.7 Å². The molecule has 1 heterocycles. The number of thiazole rings is 1. The normalized spacial score (nSPS) is 18.4. The van der Waals surface area contributed by atoms with Crippen LogP contribution in [0.1, 0.15) is 57.6 Å². The number of sulfone groups is 1. The van der Waals surface area contributed by atoms with Gasteiger partial charge in [0.15, 0.2) is 9.88 Å². The third-order valence-electron chi connectivity index (χ3n) is 6.95. The van der Waals surface area contributed by atoms with Crippen LogP contribution >= 0.6 is 11.3 Å². The number of rotatable bonds is 10. The maximum absolute atomic E-state index is 13.4. The number of anilines is 1. The van der Waals surface area contributed by atoms with Crippen LogP contribution in [0.3, 0.4) is 0 Å². The lowest BCUT2D eigenvalue weighted by atomic mass is 9.86. The number of urea groups is 1. The van der Waals surface area contributed by atoms with Gasteiger partial charge in [-0.1, -0.05) is 24.3 Å². The second-order valence-corrected chi connectivity index (χ2v) is 13.9. The molecule has 1 aliphatic carbocycles. The fourth-order valence-corrected chi connectivity index (χ4v) is 7.02. The SMILES string of the molecule is CC(C)(C(=O)O)S(=O)(=O)c1cnc(NC(=O)N(CCOCc2ccc(F)cc2C(F)(F)F)[C@H]2CC[C@H](C)CC2)s1. The van der Waals surface area contributed by atoms with Crippen molar-refractivity contribution in [2.45, 2.75) is 74.2 Å². The molecule has 0 bridgehead atoms. The van der Waals surface area contributed by atoms with Crippen molar-refractivity contribution >= 4 is 38.3 Å². The molecular formula is C25H31F4N3O6S2. The summed E-state index contributed by atoms with van der Waals surface area (Å²) in [6.45, 7) is 3.67. The molecule has 1 fully saturated rings. The molecule has 0 atom stereocenters. The Labute approximate surface area is 233 Å². The van der Waals surface area contributed by atoms with Crippen LogP contribution in [0.4, 0.5) is 27.5 Å². The van der Waals surface area contributed by atoms with Gasteiger partial charge in [-0.25, -0.2) is 22.6 Å². The number of aliphatic carboxylic acids is 1. The second-order valence-electron chi connectivity index (χ2n) is 10.2. The van der Waals surface area contributed by atoms with Gasteiger partial charge in [-0.15, -0.1) is 0 Å². The molecule has 2 N–H and O–H groups in total. The molecule has 0 saturated heterocycles. The first-order chi connectivity index (χ1) is 18.5. The molecular weight excluding hydrogens is 578 g/mol. The van der Waals surface area contributed by atoms with E-state index >= 15 is 0 Å². The minimum Gasteiger partial charge on any atom is -0.480 e. The zero-order valence-electron chi connectivity index (χ0n) is 22.1. The van der Waals surface area contributed by atoms with Gasteiger partial charge in [0.1, 0.15) is 10.0 Å². The van der Waals surface area contributed by atoms with E-state index in [1.165, 1.54) is 4.90 Å². The minimum atomic E-state index is -4.76. The van der Waals surface area contributed by atoms with Gasteiger partial charge in [0, 0.05) is 12.6 Å². The van der Waals surface area contributed by atoms with Crippen LogP contribution in [0.5, 0.6) is 0 Å². The van der Waals surface area contributed by atoms with Crippen molar-refractivity contribution in [2.75, 3.05) is 18.5 Å². The average molecular weight is 610 g/mol. The van der Waals surface area contributed by atoms with Gasteiger partial charge in [0.05, 0.1) is 25.0 Å². The van der Waals surface area contributed by atoms with Gasteiger partial charge >= 0.3 is 18.2 Å². The lowest BCUT2D eigenvalue weighted by Gasteiger charge is -2.36. The fourth-order valence-electron chi connectivity index (χ4n) is 4.26. The Morgan fingerprint density at radius 3 is 2.45 bits per heavy atom. The number of carbonyl (C=O) groups is 2. The van der Waals surface area contributed by atoms with E-state index in [0.29, 0.717) is 36.2 Å². The van der Waals surface area contributed by atoms with Crippen LogP contribution in [-0.4, -0.2) is 59.3 Å². The van der Waals surface area contributed by atoms with Gasteiger partial charge in [-0.2, -0.15) is 13.2 Å². The average Bonchev–Trinajstić information content (AvgIpc) is 3.34. The van der Waals surface area contributed by atoms with Crippen molar-refractivity contribution in [2.24, 2.45) is 5.92 Å². The predicted octanol–water partition coefficient (Wildman–Crippen LogP) is 5.57. The number of carbonyl (C=O) groups excluding carboxylic acids is 1. The topological polar surface area (TPSA) is 126 Å². The van der Waals surface area contributed by atoms with Crippen LogP contribution in [0.25, 0.3) is 0 Å². The van der Waals surface area contributed by atoms with E-state index in [9.17, 15) is 40.7 Å². The largest absolute Gasteiger partial charge is 0.480 e. The molecule has 40 heavy (non-hydrogen) atoms. The van der Waals surface area contributed by atoms with E-state index < -0.39 is 50.7 Å². The highest BCUT2D eigenvalue weighted by Crippen LogP contribution is 2.34. The monoisotopic (exact) mass is 609 g/mol. The summed E-state index contributed by atoms with van der Waals surface area (Å²) in [7, 11) is -4.29. The van der Waals surface area contributed by atoms with Gasteiger partial charge in [0.25, 0.3) is 0 Å². The highest BCUT2D eigenvalue weighted by Gasteiger charge is 2.44. The molecule has 15 heteroatoms. The second kappa shape index (κ2) is 12.4. The number of alkyl halides is 3. The van der Waals surface area contributed by atoms with Crippen molar-refractivity contribution < 1.29 is 45.4 Å². The number of nitrogens with one attached hydrogen (secondary N) is 1. The molecule has 222 valence electrons. The Hall–Kier alpha value is -2.78. The molecule has 0 spiro atoms. The Kier molecular flexibility index (Phi) is 9.83. The van der Waals surface area contributed by atoms with Crippen LogP contribution in [0, 0.1) is 11.7 Å². The quantitative estimate of drug-likeness (QED) is 0.267. The predicted molar refractivity (Wildman–Crippen MR) is 139 cm³/mol. The number of benzene rings is 1. The van der Waals surface area contributed by atoms with Crippen molar-refractivity contribution in [3.8, 4) is 0 Å². The van der Waals surface area contributed by atoms with Crippen LogP contribution in [0.15, 0.2) is 28.6 Å². The molecule has 1 saturated carbocycles. The summed E-state index contributed by atoms with van der Waals surface area (Å²) in [5.41, 5.74) is -1.37. The molecule has 0 radical (unpaired) electrons. The first-order valence-corrected chi connectivity index (χ1v) is 14.8. The maximum atomic E-state index is 13.4. The van der Waals surface area contributed by atoms with Gasteiger partial charge in [-0.3, -0.25) is 10.1 Å². The van der Waals surface area contributed by atoms with E-state index in [-0.39, 0.29) is 34.1 Å². The van der Waals surface area contributed by atoms with E-state index in [1.54, 1.807) is 0 Å². The number of nitrogens with zero attached hydrogens (tertiary/aromatic N) is 2. The standard InChI is InChI=1S/C25H31F4N3O6S2/c1-15-4-8-18(9-5-15)32(10-11-38-14-16-6-7-17(26)12-19(16)25(27,28)29)23(35)31-22-30-13-20(39-22)40(36,37)24(2,3)21(33)34/h6-7,12-13,15,18H,4-5,8-11,14H2,1-3H3,(H,33,34)(H,30,31,35)/t15-,18-. The van der Waals surface area contributed by atoms with Crippen molar-refractivity contribution in [3.63, 3.8) is 0 Å². The number of amides is 2.